The molecule has 1 saturated carbocycles. The van der Waals surface area contributed by atoms with Gasteiger partial charge in [0.25, 0.3) is 0 Å². The van der Waals surface area contributed by atoms with E-state index in [9.17, 15) is 9.59 Å². The Labute approximate surface area is 147 Å². The number of aryl methyl sites for hydroxylation is 2. The number of carbonyl (C=O) groups is 1. The van der Waals surface area contributed by atoms with Gasteiger partial charge in [0.1, 0.15) is 0 Å². The first kappa shape index (κ1) is 18.5. The number of benzene rings is 1. The number of nitrogens with zero attached hydrogens (tertiary/aromatic N) is 2. The maximum Gasteiger partial charge on any atom is 0.328 e. The minimum Gasteiger partial charge on any atom is -0.349 e. The second-order valence-electron chi connectivity index (χ2n) is 6.68. The van der Waals surface area contributed by atoms with E-state index in [4.69, 9.17) is 5.73 Å². The maximum absolute atomic E-state index is 12.3. The number of carbonyl (C=O) groups excluding carboxylic acids is 1. The fraction of sp³-hybridized carbons (Fsp3) is 0.529. The van der Waals surface area contributed by atoms with Crippen LogP contribution in [-0.2, 0) is 18.4 Å². The highest BCUT2D eigenvalue weighted by Crippen LogP contribution is 2.38. The highest BCUT2D eigenvalue weighted by atomic mass is 35.5. The fourth-order valence-corrected chi connectivity index (χ4v) is 3.21. The van der Waals surface area contributed by atoms with Crippen molar-refractivity contribution in [3.05, 3.63) is 34.7 Å². The lowest BCUT2D eigenvalue weighted by Gasteiger charge is -2.29. The minimum atomic E-state index is -0.319. The standard InChI is InChI=1S/C17H24N4O2.ClH/c1-17(11-18,12-7-8-12)19-15(22)9-10-21-14-6-4-3-5-13(14)20(2)16(21)23;/h3-6,12H,7-11,18H2,1-2H3,(H,19,22);1H. The number of fused-ring (bicyclic) bond motifs is 1. The van der Waals surface area contributed by atoms with Crippen LogP contribution in [0.15, 0.2) is 29.1 Å². The summed E-state index contributed by atoms with van der Waals surface area (Å²) in [5.41, 5.74) is 7.15. The molecule has 1 aliphatic rings. The smallest absolute Gasteiger partial charge is 0.328 e. The topological polar surface area (TPSA) is 82.0 Å². The number of hydrogen-bond acceptors (Lipinski definition) is 3. The first-order chi connectivity index (χ1) is 11.0. The van der Waals surface area contributed by atoms with Gasteiger partial charge in [0.2, 0.25) is 5.91 Å². The molecule has 132 valence electrons. The van der Waals surface area contributed by atoms with Crippen molar-refractivity contribution in [3.63, 3.8) is 0 Å². The van der Waals surface area contributed by atoms with Crippen LogP contribution >= 0.6 is 12.4 Å². The quantitative estimate of drug-likeness (QED) is 0.824. The summed E-state index contributed by atoms with van der Waals surface area (Å²) in [7, 11) is 1.75. The summed E-state index contributed by atoms with van der Waals surface area (Å²) in [6, 6.07) is 7.62. The largest absolute Gasteiger partial charge is 0.349 e. The first-order valence-corrected chi connectivity index (χ1v) is 8.11. The number of rotatable bonds is 6. The molecule has 1 heterocycles. The Morgan fingerprint density at radius 1 is 1.33 bits per heavy atom. The zero-order valence-corrected chi connectivity index (χ0v) is 14.9. The van der Waals surface area contributed by atoms with E-state index in [0.717, 1.165) is 23.9 Å². The van der Waals surface area contributed by atoms with Crippen molar-refractivity contribution in [2.75, 3.05) is 6.54 Å². The average Bonchev–Trinajstić information content (AvgIpc) is 3.36. The van der Waals surface area contributed by atoms with E-state index in [2.05, 4.69) is 5.32 Å². The number of nitrogens with two attached hydrogens (primary N) is 1. The van der Waals surface area contributed by atoms with E-state index in [1.807, 2.05) is 31.2 Å². The van der Waals surface area contributed by atoms with Crippen LogP contribution in [0.25, 0.3) is 11.0 Å². The van der Waals surface area contributed by atoms with Gasteiger partial charge in [-0.3, -0.25) is 13.9 Å². The molecule has 0 radical (unpaired) electrons. The summed E-state index contributed by atoms with van der Waals surface area (Å²) >= 11 is 0. The molecule has 3 rings (SSSR count). The molecule has 0 aliphatic heterocycles. The number of amides is 1. The van der Waals surface area contributed by atoms with Gasteiger partial charge in [-0.1, -0.05) is 12.1 Å². The molecule has 1 fully saturated rings. The third-order valence-corrected chi connectivity index (χ3v) is 4.94. The average molecular weight is 353 g/mol. The molecule has 1 aromatic carbocycles. The molecule has 1 amide bonds. The number of halogens is 1. The summed E-state index contributed by atoms with van der Waals surface area (Å²) < 4.78 is 3.27. The second kappa shape index (κ2) is 6.99. The van der Waals surface area contributed by atoms with Gasteiger partial charge in [-0.15, -0.1) is 12.4 Å². The van der Waals surface area contributed by atoms with Crippen LogP contribution in [0.1, 0.15) is 26.2 Å². The number of para-hydroxylation sites is 2. The molecule has 7 heteroatoms. The summed E-state index contributed by atoms with van der Waals surface area (Å²) in [6.07, 6.45) is 2.52. The first-order valence-electron chi connectivity index (χ1n) is 8.11. The molecule has 6 nitrogen and oxygen atoms in total. The lowest BCUT2D eigenvalue weighted by Crippen LogP contribution is -2.53. The number of aromatic nitrogens is 2. The van der Waals surface area contributed by atoms with Crippen molar-refractivity contribution in [2.45, 2.75) is 38.3 Å². The van der Waals surface area contributed by atoms with E-state index in [1.54, 1.807) is 16.2 Å². The molecular formula is C17H25ClN4O2. The molecular weight excluding hydrogens is 328 g/mol. The van der Waals surface area contributed by atoms with Crippen molar-refractivity contribution >= 4 is 29.3 Å². The number of imidazole rings is 1. The van der Waals surface area contributed by atoms with Crippen LogP contribution in [0.4, 0.5) is 0 Å². The lowest BCUT2D eigenvalue weighted by atomic mass is 9.96. The molecule has 1 atom stereocenters. The van der Waals surface area contributed by atoms with Gasteiger partial charge < -0.3 is 11.1 Å². The van der Waals surface area contributed by atoms with E-state index < -0.39 is 0 Å². The third kappa shape index (κ3) is 3.35. The Balaban J connectivity index is 0.00000208. The van der Waals surface area contributed by atoms with Crippen molar-refractivity contribution in [1.82, 2.24) is 14.5 Å². The number of nitrogens with one attached hydrogen (secondary N) is 1. The molecule has 2 aromatic rings. The minimum absolute atomic E-state index is 0. The second-order valence-corrected chi connectivity index (χ2v) is 6.68. The van der Waals surface area contributed by atoms with E-state index in [0.29, 0.717) is 19.0 Å². The molecule has 0 spiro atoms. The molecule has 1 aromatic heterocycles. The molecule has 0 saturated heterocycles. The summed E-state index contributed by atoms with van der Waals surface area (Å²) in [4.78, 5) is 24.6. The van der Waals surface area contributed by atoms with Crippen molar-refractivity contribution < 1.29 is 4.79 Å². The Morgan fingerprint density at radius 3 is 2.54 bits per heavy atom. The zero-order chi connectivity index (χ0) is 16.6. The van der Waals surface area contributed by atoms with Gasteiger partial charge in [0.05, 0.1) is 16.6 Å². The van der Waals surface area contributed by atoms with Crippen LogP contribution in [0.3, 0.4) is 0 Å². The van der Waals surface area contributed by atoms with Gasteiger partial charge in [0, 0.05) is 26.6 Å². The Kier molecular flexibility index (Phi) is 5.40. The highest BCUT2D eigenvalue weighted by Gasteiger charge is 2.41. The normalized spacial score (nSPS) is 16.5. The molecule has 24 heavy (non-hydrogen) atoms. The molecule has 0 bridgehead atoms. The summed E-state index contributed by atoms with van der Waals surface area (Å²) in [5.74, 6) is 0.432. The Bertz CT molecular complexity index is 793. The van der Waals surface area contributed by atoms with Crippen LogP contribution in [-0.4, -0.2) is 27.1 Å². The molecule has 1 aliphatic carbocycles. The summed E-state index contributed by atoms with van der Waals surface area (Å²) in [6.45, 7) is 2.82. The van der Waals surface area contributed by atoms with Crippen molar-refractivity contribution in [2.24, 2.45) is 18.7 Å². The predicted molar refractivity (Wildman–Crippen MR) is 97.4 cm³/mol. The Morgan fingerprint density at radius 2 is 1.96 bits per heavy atom. The monoisotopic (exact) mass is 352 g/mol. The van der Waals surface area contributed by atoms with Crippen LogP contribution in [0, 0.1) is 5.92 Å². The van der Waals surface area contributed by atoms with Crippen molar-refractivity contribution in [3.8, 4) is 0 Å². The zero-order valence-electron chi connectivity index (χ0n) is 14.1. The Hall–Kier alpha value is -1.79. The predicted octanol–water partition coefficient (Wildman–Crippen LogP) is 1.40. The van der Waals surface area contributed by atoms with Crippen LogP contribution < -0.4 is 16.7 Å². The van der Waals surface area contributed by atoms with Gasteiger partial charge in [-0.05, 0) is 37.8 Å². The number of hydrogen-bond donors (Lipinski definition) is 2. The molecule has 1 unspecified atom stereocenters. The molecule has 3 N–H and O–H groups in total. The van der Waals surface area contributed by atoms with Gasteiger partial charge in [-0.2, -0.15) is 0 Å². The van der Waals surface area contributed by atoms with E-state index in [-0.39, 0.29) is 36.0 Å². The van der Waals surface area contributed by atoms with Gasteiger partial charge in [-0.25, -0.2) is 4.79 Å². The SMILES string of the molecule is Cl.Cn1c(=O)n(CCC(=O)NC(C)(CN)C2CC2)c2ccccc21. The maximum atomic E-state index is 12.3. The van der Waals surface area contributed by atoms with Gasteiger partial charge >= 0.3 is 5.69 Å². The van der Waals surface area contributed by atoms with Crippen LogP contribution in [0.2, 0.25) is 0 Å². The summed E-state index contributed by atoms with van der Waals surface area (Å²) in [5, 5.41) is 3.06. The van der Waals surface area contributed by atoms with Crippen molar-refractivity contribution in [1.29, 1.82) is 0 Å². The third-order valence-electron chi connectivity index (χ3n) is 4.94. The van der Waals surface area contributed by atoms with Gasteiger partial charge in [0.15, 0.2) is 0 Å². The lowest BCUT2D eigenvalue weighted by molar-refractivity contribution is -0.123. The fourth-order valence-electron chi connectivity index (χ4n) is 3.21. The van der Waals surface area contributed by atoms with Crippen LogP contribution in [0.5, 0.6) is 0 Å². The highest BCUT2D eigenvalue weighted by molar-refractivity contribution is 5.85. The van der Waals surface area contributed by atoms with E-state index >= 15 is 0 Å². The van der Waals surface area contributed by atoms with E-state index in [1.165, 1.54) is 0 Å².